The van der Waals surface area contributed by atoms with Crippen molar-refractivity contribution in [3.63, 3.8) is 0 Å². The number of anilines is 1. The number of benzene rings is 2. The minimum atomic E-state index is -3.58. The normalized spacial score (nSPS) is 12.3. The fourth-order valence-corrected chi connectivity index (χ4v) is 3.32. The average Bonchev–Trinajstić information content (AvgIpc) is 2.72. The van der Waals surface area contributed by atoms with Crippen LogP contribution in [0.25, 0.3) is 0 Å². The maximum Gasteiger partial charge on any atom is 0.303 e. The molecule has 158 valence electrons. The number of nitrogens with one attached hydrogen (secondary N) is 1. The van der Waals surface area contributed by atoms with Gasteiger partial charge < -0.3 is 14.8 Å². The Morgan fingerprint density at radius 2 is 1.55 bits per heavy atom. The highest BCUT2D eigenvalue weighted by Gasteiger charge is 2.21. The van der Waals surface area contributed by atoms with Crippen molar-refractivity contribution in [3.8, 4) is 11.5 Å². The second kappa shape index (κ2) is 9.62. The van der Waals surface area contributed by atoms with Crippen molar-refractivity contribution in [2.24, 2.45) is 0 Å². The number of rotatable bonds is 9. The number of carbonyl (C=O) groups excluding carboxylic acids is 1. The molecule has 29 heavy (non-hydrogen) atoms. The van der Waals surface area contributed by atoms with Gasteiger partial charge in [-0.05, 0) is 55.5 Å². The molecule has 0 spiro atoms. The van der Waals surface area contributed by atoms with E-state index in [1.807, 2.05) is 6.92 Å². The summed E-state index contributed by atoms with van der Waals surface area (Å²) < 4.78 is 37.4. The summed E-state index contributed by atoms with van der Waals surface area (Å²) in [4.78, 5) is 12.4. The number of nitrogens with zero attached hydrogens (tertiary/aromatic N) is 2. The summed E-state index contributed by atoms with van der Waals surface area (Å²) in [6, 6.07) is 13.3. The SMILES string of the molecule is COc1ccc(OC[C@H](C)NC(=O)c2ccc(N(C)S(=O)(=O)N(C)C)cc2)cc1. The van der Waals surface area contributed by atoms with Crippen LogP contribution in [0.3, 0.4) is 0 Å². The van der Waals surface area contributed by atoms with Gasteiger partial charge in [0.1, 0.15) is 18.1 Å². The third-order valence-corrected chi connectivity index (χ3v) is 6.06. The van der Waals surface area contributed by atoms with E-state index in [1.165, 1.54) is 21.1 Å². The zero-order valence-electron chi connectivity index (χ0n) is 17.2. The zero-order chi connectivity index (χ0) is 21.6. The summed E-state index contributed by atoms with van der Waals surface area (Å²) in [7, 11) is 2.40. The highest BCUT2D eigenvalue weighted by Crippen LogP contribution is 2.19. The van der Waals surface area contributed by atoms with Crippen molar-refractivity contribution in [2.45, 2.75) is 13.0 Å². The molecule has 0 heterocycles. The van der Waals surface area contributed by atoms with Crippen molar-refractivity contribution in [3.05, 3.63) is 54.1 Å². The van der Waals surface area contributed by atoms with Crippen LogP contribution in [-0.4, -0.2) is 59.5 Å². The molecule has 0 bridgehead atoms. The minimum Gasteiger partial charge on any atom is -0.497 e. The van der Waals surface area contributed by atoms with Gasteiger partial charge >= 0.3 is 10.2 Å². The van der Waals surface area contributed by atoms with Gasteiger partial charge in [0.05, 0.1) is 18.8 Å². The summed E-state index contributed by atoms with van der Waals surface area (Å²) in [6.07, 6.45) is 0. The van der Waals surface area contributed by atoms with Crippen molar-refractivity contribution in [2.75, 3.05) is 39.2 Å². The summed E-state index contributed by atoms with van der Waals surface area (Å²) in [6.45, 7) is 2.15. The van der Waals surface area contributed by atoms with E-state index in [0.29, 0.717) is 23.6 Å². The van der Waals surface area contributed by atoms with E-state index in [0.717, 1.165) is 14.4 Å². The van der Waals surface area contributed by atoms with Gasteiger partial charge in [0.15, 0.2) is 0 Å². The largest absolute Gasteiger partial charge is 0.497 e. The highest BCUT2D eigenvalue weighted by molar-refractivity contribution is 7.90. The Bertz CT molecular complexity index is 912. The van der Waals surface area contributed by atoms with Crippen molar-refractivity contribution < 1.29 is 22.7 Å². The van der Waals surface area contributed by atoms with Crippen molar-refractivity contribution in [1.82, 2.24) is 9.62 Å². The smallest absolute Gasteiger partial charge is 0.303 e. The van der Waals surface area contributed by atoms with Crippen LogP contribution in [0.2, 0.25) is 0 Å². The number of hydrogen-bond acceptors (Lipinski definition) is 5. The molecular formula is C20H27N3O5S. The van der Waals surface area contributed by atoms with Crippen molar-refractivity contribution >= 4 is 21.8 Å². The molecule has 1 N–H and O–H groups in total. The Balaban J connectivity index is 1.92. The molecule has 2 aromatic carbocycles. The van der Waals surface area contributed by atoms with E-state index in [4.69, 9.17) is 9.47 Å². The van der Waals surface area contributed by atoms with Gasteiger partial charge in [-0.15, -0.1) is 0 Å². The molecule has 8 nitrogen and oxygen atoms in total. The molecule has 1 amide bonds. The van der Waals surface area contributed by atoms with E-state index < -0.39 is 10.2 Å². The standard InChI is InChI=1S/C20H27N3O5S/c1-15(14-28-19-12-10-18(27-5)11-13-19)21-20(24)16-6-8-17(9-7-16)23(4)29(25,26)22(2)3/h6-13,15H,14H2,1-5H3,(H,21,24)/t15-/m0/s1. The first-order valence-electron chi connectivity index (χ1n) is 8.99. The second-order valence-corrected chi connectivity index (χ2v) is 8.84. The molecule has 0 saturated heterocycles. The maximum atomic E-state index is 12.4. The summed E-state index contributed by atoms with van der Waals surface area (Å²) in [5, 5.41) is 2.86. The Morgan fingerprint density at radius 3 is 2.07 bits per heavy atom. The molecule has 0 fully saturated rings. The molecule has 2 rings (SSSR count). The van der Waals surface area contributed by atoms with E-state index in [1.54, 1.807) is 55.6 Å². The van der Waals surface area contributed by atoms with Gasteiger partial charge in [0.25, 0.3) is 5.91 Å². The lowest BCUT2D eigenvalue weighted by molar-refractivity contribution is 0.0926. The van der Waals surface area contributed by atoms with Crippen molar-refractivity contribution in [1.29, 1.82) is 0 Å². The van der Waals surface area contributed by atoms with Gasteiger partial charge in [0, 0.05) is 26.7 Å². The molecule has 0 aliphatic heterocycles. The van der Waals surface area contributed by atoms with E-state index in [9.17, 15) is 13.2 Å². The number of carbonyl (C=O) groups is 1. The van der Waals surface area contributed by atoms with E-state index in [2.05, 4.69) is 5.32 Å². The van der Waals surface area contributed by atoms with Crippen LogP contribution in [0.4, 0.5) is 5.69 Å². The fourth-order valence-electron chi connectivity index (χ4n) is 2.44. The van der Waals surface area contributed by atoms with Crippen LogP contribution < -0.4 is 19.1 Å². The monoisotopic (exact) mass is 421 g/mol. The van der Waals surface area contributed by atoms with E-state index in [-0.39, 0.29) is 11.9 Å². The quantitative estimate of drug-likeness (QED) is 0.670. The second-order valence-electron chi connectivity index (χ2n) is 6.67. The molecule has 1 atom stereocenters. The van der Waals surface area contributed by atoms with Crippen LogP contribution in [0, 0.1) is 0 Å². The lowest BCUT2D eigenvalue weighted by Crippen LogP contribution is -2.37. The molecule has 2 aromatic rings. The average molecular weight is 422 g/mol. The van der Waals surface area contributed by atoms with Gasteiger partial charge in [-0.1, -0.05) is 0 Å². The summed E-state index contributed by atoms with van der Waals surface area (Å²) in [5.41, 5.74) is 0.895. The van der Waals surface area contributed by atoms with Crippen LogP contribution >= 0.6 is 0 Å². The lowest BCUT2D eigenvalue weighted by atomic mass is 10.2. The number of methoxy groups -OCH3 is 1. The molecule has 0 unspecified atom stereocenters. The maximum absolute atomic E-state index is 12.4. The minimum absolute atomic E-state index is 0.221. The Morgan fingerprint density at radius 1 is 1.00 bits per heavy atom. The van der Waals surface area contributed by atoms with Gasteiger partial charge in [-0.3, -0.25) is 9.10 Å². The van der Waals surface area contributed by atoms with Gasteiger partial charge in [-0.2, -0.15) is 12.7 Å². The first-order valence-corrected chi connectivity index (χ1v) is 10.4. The summed E-state index contributed by atoms with van der Waals surface area (Å²) >= 11 is 0. The molecule has 0 aliphatic carbocycles. The number of amides is 1. The predicted octanol–water partition coefficient (Wildman–Crippen LogP) is 2.14. The third kappa shape index (κ3) is 5.85. The summed E-state index contributed by atoms with van der Waals surface area (Å²) in [5.74, 6) is 1.16. The zero-order valence-corrected chi connectivity index (χ0v) is 18.1. The lowest BCUT2D eigenvalue weighted by Gasteiger charge is -2.23. The Labute approximate surface area is 172 Å². The van der Waals surface area contributed by atoms with Gasteiger partial charge in [-0.25, -0.2) is 0 Å². The molecule has 9 heteroatoms. The topological polar surface area (TPSA) is 88.2 Å². The molecule has 0 aliphatic rings. The van der Waals surface area contributed by atoms with Gasteiger partial charge in [0.2, 0.25) is 0 Å². The van der Waals surface area contributed by atoms with Crippen LogP contribution in [0.5, 0.6) is 11.5 Å². The van der Waals surface area contributed by atoms with Crippen LogP contribution in [0.15, 0.2) is 48.5 Å². The third-order valence-electron chi connectivity index (χ3n) is 4.24. The first kappa shape index (κ1) is 22.5. The first-order chi connectivity index (χ1) is 13.6. The predicted molar refractivity (Wildman–Crippen MR) is 113 cm³/mol. The number of hydrogen-bond donors (Lipinski definition) is 1. The number of ether oxygens (including phenoxy) is 2. The molecular weight excluding hydrogens is 394 g/mol. The Kier molecular flexibility index (Phi) is 7.46. The van der Waals surface area contributed by atoms with E-state index >= 15 is 0 Å². The fraction of sp³-hybridized carbons (Fsp3) is 0.350. The Hall–Kier alpha value is -2.78. The van der Waals surface area contributed by atoms with Crippen LogP contribution in [-0.2, 0) is 10.2 Å². The molecule has 0 aromatic heterocycles. The molecule has 0 saturated carbocycles. The molecule has 0 radical (unpaired) electrons. The highest BCUT2D eigenvalue weighted by atomic mass is 32.2. The van der Waals surface area contributed by atoms with Crippen LogP contribution in [0.1, 0.15) is 17.3 Å².